The molecule has 0 aromatic heterocycles. The number of carbonyl (C=O) groups excluding carboxylic acids is 1. The Morgan fingerprint density at radius 3 is 2.19 bits per heavy atom. The highest BCUT2D eigenvalue weighted by Gasteiger charge is 2.28. The second-order valence-electron chi connectivity index (χ2n) is 4.18. The van der Waals surface area contributed by atoms with Crippen molar-refractivity contribution in [3.8, 4) is 0 Å². The minimum absolute atomic E-state index is 0.0533. The van der Waals surface area contributed by atoms with Gasteiger partial charge in [0.25, 0.3) is 0 Å². The molecule has 0 bridgehead atoms. The van der Waals surface area contributed by atoms with E-state index in [1.807, 2.05) is 0 Å². The Kier molecular flexibility index (Phi) is 5.74. The van der Waals surface area contributed by atoms with Crippen molar-refractivity contribution in [3.05, 3.63) is 34.9 Å². The first-order chi connectivity index (χ1) is 9.77. The van der Waals surface area contributed by atoms with Gasteiger partial charge in [-0.05, 0) is 19.1 Å². The topological polar surface area (TPSA) is 104 Å². The van der Waals surface area contributed by atoms with Crippen LogP contribution >= 0.6 is 0 Å². The number of carboxylic acid groups (broad SMARTS) is 1. The van der Waals surface area contributed by atoms with Crippen LogP contribution in [0.15, 0.2) is 12.1 Å². The zero-order valence-electron chi connectivity index (χ0n) is 11.0. The van der Waals surface area contributed by atoms with Crippen molar-refractivity contribution < 1.29 is 38.4 Å². The molecule has 0 aliphatic carbocycles. The Morgan fingerprint density at radius 1 is 1.24 bits per heavy atom. The summed E-state index contributed by atoms with van der Waals surface area (Å²) in [7, 11) is 0. The number of benzene rings is 1. The molecule has 8 heteroatoms. The molecule has 2 atom stereocenters. The van der Waals surface area contributed by atoms with E-state index in [0.717, 1.165) is 0 Å². The molecule has 0 heterocycles. The van der Waals surface area contributed by atoms with Gasteiger partial charge in [0.05, 0.1) is 30.3 Å². The van der Waals surface area contributed by atoms with Crippen molar-refractivity contribution >= 4 is 11.9 Å². The van der Waals surface area contributed by atoms with Crippen LogP contribution < -0.4 is 0 Å². The van der Waals surface area contributed by atoms with Gasteiger partial charge in [0.15, 0.2) is 0 Å². The third-order valence-corrected chi connectivity index (χ3v) is 2.67. The highest BCUT2D eigenvalue weighted by molar-refractivity contribution is 5.87. The number of aliphatic hydroxyl groups excluding tert-OH is 2. The molecule has 3 N–H and O–H groups in total. The molecule has 0 saturated heterocycles. The van der Waals surface area contributed by atoms with Crippen molar-refractivity contribution in [1.29, 1.82) is 0 Å². The molecular weight excluding hydrogens is 290 g/mol. The number of hydrogen-bond donors (Lipinski definition) is 3. The van der Waals surface area contributed by atoms with Crippen molar-refractivity contribution in [2.24, 2.45) is 0 Å². The van der Waals surface area contributed by atoms with E-state index in [9.17, 15) is 28.6 Å². The Balaban J connectivity index is 2.99. The van der Waals surface area contributed by atoms with Gasteiger partial charge in [0.1, 0.15) is 17.7 Å². The molecule has 1 aromatic rings. The van der Waals surface area contributed by atoms with Gasteiger partial charge in [-0.25, -0.2) is 13.6 Å². The molecule has 1 aromatic carbocycles. The van der Waals surface area contributed by atoms with Crippen molar-refractivity contribution in [2.75, 3.05) is 6.61 Å². The first kappa shape index (κ1) is 17.0. The van der Waals surface area contributed by atoms with E-state index < -0.39 is 53.3 Å². The minimum atomic E-state index is -2.03. The number of carboxylic acids is 1. The van der Waals surface area contributed by atoms with Gasteiger partial charge in [0.2, 0.25) is 0 Å². The molecule has 0 radical (unpaired) electrons. The summed E-state index contributed by atoms with van der Waals surface area (Å²) in [5, 5.41) is 28.0. The van der Waals surface area contributed by atoms with Gasteiger partial charge >= 0.3 is 11.9 Å². The average Bonchev–Trinajstić information content (AvgIpc) is 2.37. The lowest BCUT2D eigenvalue weighted by atomic mass is 9.99. The van der Waals surface area contributed by atoms with Crippen LogP contribution in [-0.4, -0.2) is 40.0 Å². The minimum Gasteiger partial charge on any atom is -0.478 e. The summed E-state index contributed by atoms with van der Waals surface area (Å²) in [6, 6.07) is 1.03. The van der Waals surface area contributed by atoms with Gasteiger partial charge in [-0.3, -0.25) is 4.79 Å². The number of halogens is 2. The van der Waals surface area contributed by atoms with Crippen LogP contribution in [0.25, 0.3) is 0 Å². The van der Waals surface area contributed by atoms with Crippen LogP contribution in [0.4, 0.5) is 8.78 Å². The van der Waals surface area contributed by atoms with Crippen LogP contribution in [0.5, 0.6) is 0 Å². The van der Waals surface area contributed by atoms with Crippen molar-refractivity contribution in [1.82, 2.24) is 0 Å². The van der Waals surface area contributed by atoms with E-state index in [1.165, 1.54) is 6.92 Å². The first-order valence-corrected chi connectivity index (χ1v) is 6.01. The van der Waals surface area contributed by atoms with E-state index in [2.05, 4.69) is 4.74 Å². The molecule has 116 valence electrons. The third-order valence-electron chi connectivity index (χ3n) is 2.67. The number of esters is 1. The maximum Gasteiger partial charge on any atom is 0.335 e. The maximum absolute atomic E-state index is 13.7. The summed E-state index contributed by atoms with van der Waals surface area (Å²) >= 11 is 0. The van der Waals surface area contributed by atoms with E-state index in [4.69, 9.17) is 5.11 Å². The fraction of sp³-hybridized carbons (Fsp3) is 0.385. The number of rotatable bonds is 6. The summed E-state index contributed by atoms with van der Waals surface area (Å²) in [5.74, 6) is -5.04. The molecule has 0 spiro atoms. The molecule has 0 aliphatic heterocycles. The van der Waals surface area contributed by atoms with E-state index >= 15 is 0 Å². The average molecular weight is 304 g/mol. The van der Waals surface area contributed by atoms with E-state index in [-0.39, 0.29) is 6.61 Å². The van der Waals surface area contributed by atoms with Gasteiger partial charge in [-0.15, -0.1) is 0 Å². The summed E-state index contributed by atoms with van der Waals surface area (Å²) in [6.07, 6.45) is -4.48. The highest BCUT2D eigenvalue weighted by Crippen LogP contribution is 2.26. The summed E-state index contributed by atoms with van der Waals surface area (Å²) in [6.45, 7) is 1.59. The molecule has 0 saturated carbocycles. The van der Waals surface area contributed by atoms with Crippen LogP contribution in [0.3, 0.4) is 0 Å². The number of carbonyl (C=O) groups is 2. The number of aliphatic hydroxyl groups is 2. The maximum atomic E-state index is 13.7. The van der Waals surface area contributed by atoms with Gasteiger partial charge < -0.3 is 20.1 Å². The SMILES string of the molecule is CCOC(=O)CC(O)C(O)c1c(F)cc(C(=O)O)cc1F. The fourth-order valence-corrected chi connectivity index (χ4v) is 1.69. The van der Waals surface area contributed by atoms with Gasteiger partial charge in [0, 0.05) is 0 Å². The largest absolute Gasteiger partial charge is 0.478 e. The van der Waals surface area contributed by atoms with Crippen LogP contribution in [0.2, 0.25) is 0 Å². The van der Waals surface area contributed by atoms with E-state index in [0.29, 0.717) is 12.1 Å². The highest BCUT2D eigenvalue weighted by atomic mass is 19.1. The molecule has 0 amide bonds. The monoisotopic (exact) mass is 304 g/mol. The predicted molar refractivity (Wildman–Crippen MR) is 65.5 cm³/mol. The standard InChI is InChI=1S/C13H14F2O6/c1-2-21-10(17)5-9(16)12(18)11-7(14)3-6(13(19)20)4-8(11)15/h3-4,9,12,16,18H,2,5H2,1H3,(H,19,20). The zero-order chi connectivity index (χ0) is 16.2. The summed E-state index contributed by atoms with van der Waals surface area (Å²) in [5.41, 5.74) is -1.54. The predicted octanol–water partition coefficient (Wildman–Crippen LogP) is 1.01. The molecule has 2 unspecified atom stereocenters. The summed E-state index contributed by atoms with van der Waals surface area (Å²) < 4.78 is 31.9. The normalized spacial score (nSPS) is 13.6. The lowest BCUT2D eigenvalue weighted by Gasteiger charge is -2.18. The number of aromatic carboxylic acids is 1. The molecule has 0 aliphatic rings. The summed E-state index contributed by atoms with van der Waals surface area (Å²) in [4.78, 5) is 21.8. The Morgan fingerprint density at radius 2 is 1.76 bits per heavy atom. The smallest absolute Gasteiger partial charge is 0.335 e. The Bertz CT molecular complexity index is 522. The molecule has 0 fully saturated rings. The lowest BCUT2D eigenvalue weighted by molar-refractivity contribution is -0.147. The van der Waals surface area contributed by atoms with Gasteiger partial charge in [-0.2, -0.15) is 0 Å². The fourth-order valence-electron chi connectivity index (χ4n) is 1.69. The third kappa shape index (κ3) is 4.20. The van der Waals surface area contributed by atoms with E-state index in [1.54, 1.807) is 0 Å². The lowest BCUT2D eigenvalue weighted by Crippen LogP contribution is -2.25. The Labute approximate surface area is 118 Å². The molecule has 6 nitrogen and oxygen atoms in total. The quantitative estimate of drug-likeness (QED) is 0.678. The Hall–Kier alpha value is -2.06. The second-order valence-corrected chi connectivity index (χ2v) is 4.18. The number of ether oxygens (including phenoxy) is 1. The van der Waals surface area contributed by atoms with Crippen molar-refractivity contribution in [2.45, 2.75) is 25.6 Å². The van der Waals surface area contributed by atoms with Crippen LogP contribution in [-0.2, 0) is 9.53 Å². The molecule has 1 rings (SSSR count). The van der Waals surface area contributed by atoms with Crippen LogP contribution in [0.1, 0.15) is 35.4 Å². The second kappa shape index (κ2) is 7.09. The van der Waals surface area contributed by atoms with Crippen LogP contribution in [0, 0.1) is 11.6 Å². The molecular formula is C13H14F2O6. The zero-order valence-corrected chi connectivity index (χ0v) is 11.0. The first-order valence-electron chi connectivity index (χ1n) is 6.01. The molecule has 21 heavy (non-hydrogen) atoms. The van der Waals surface area contributed by atoms with Gasteiger partial charge in [-0.1, -0.05) is 0 Å². The van der Waals surface area contributed by atoms with Crippen molar-refractivity contribution in [3.63, 3.8) is 0 Å². The number of hydrogen-bond acceptors (Lipinski definition) is 5.